The molecule has 4 nitrogen and oxygen atoms in total. The number of aryl methyl sites for hydroxylation is 1. The lowest BCUT2D eigenvalue weighted by Crippen LogP contribution is -2.40. The van der Waals surface area contributed by atoms with Crippen LogP contribution in [0.15, 0.2) is 6.07 Å². The number of rotatable bonds is 4. The molecule has 0 aliphatic carbocycles. The quantitative estimate of drug-likeness (QED) is 0.879. The summed E-state index contributed by atoms with van der Waals surface area (Å²) in [7, 11) is 0. The molecule has 0 amide bonds. The number of ether oxygens (including phenoxy) is 1. The number of hydrogen-bond donors (Lipinski definition) is 1. The van der Waals surface area contributed by atoms with E-state index in [0.29, 0.717) is 5.92 Å². The lowest BCUT2D eigenvalue weighted by atomic mass is 10.1. The maximum atomic E-state index is 5.70. The summed E-state index contributed by atoms with van der Waals surface area (Å²) in [6.45, 7) is 9.10. The van der Waals surface area contributed by atoms with Gasteiger partial charge in [-0.2, -0.15) is 0 Å². The van der Waals surface area contributed by atoms with E-state index in [0.717, 1.165) is 49.8 Å². The summed E-state index contributed by atoms with van der Waals surface area (Å²) in [6.07, 6.45) is 2.03. The third kappa shape index (κ3) is 4.03. The molecule has 1 aliphatic rings. The maximum Gasteiger partial charge on any atom is 0.131 e. The average molecular weight is 249 g/mol. The van der Waals surface area contributed by atoms with Crippen molar-refractivity contribution < 1.29 is 4.74 Å². The molecule has 1 N–H and O–H groups in total. The zero-order valence-electron chi connectivity index (χ0n) is 11.6. The summed E-state index contributed by atoms with van der Waals surface area (Å²) in [5.41, 5.74) is 2.20. The van der Waals surface area contributed by atoms with Gasteiger partial charge >= 0.3 is 0 Å². The summed E-state index contributed by atoms with van der Waals surface area (Å²) in [4.78, 5) is 9.17. The van der Waals surface area contributed by atoms with Crippen molar-refractivity contribution >= 4 is 0 Å². The van der Waals surface area contributed by atoms with Crippen LogP contribution in [0.3, 0.4) is 0 Å². The van der Waals surface area contributed by atoms with E-state index in [1.165, 1.54) is 0 Å². The van der Waals surface area contributed by atoms with E-state index in [1.54, 1.807) is 0 Å². The minimum absolute atomic E-state index is 0.215. The molecule has 0 spiro atoms. The lowest BCUT2D eigenvalue weighted by molar-refractivity contribution is 0.0280. The first-order chi connectivity index (χ1) is 8.63. The van der Waals surface area contributed by atoms with Gasteiger partial charge in [-0.3, -0.25) is 0 Å². The summed E-state index contributed by atoms with van der Waals surface area (Å²) >= 11 is 0. The Labute approximate surface area is 109 Å². The first-order valence-electron chi connectivity index (χ1n) is 6.79. The molecule has 2 rings (SSSR count). The van der Waals surface area contributed by atoms with Crippen molar-refractivity contribution in [1.82, 2.24) is 15.3 Å². The summed E-state index contributed by atoms with van der Waals surface area (Å²) in [5.74, 6) is 1.54. The molecule has 100 valence electrons. The second-order valence-electron chi connectivity index (χ2n) is 5.42. The minimum atomic E-state index is 0.215. The van der Waals surface area contributed by atoms with E-state index in [-0.39, 0.29) is 6.10 Å². The predicted octanol–water partition coefficient (Wildman–Crippen LogP) is 1.51. The fourth-order valence-corrected chi connectivity index (χ4v) is 2.27. The molecule has 18 heavy (non-hydrogen) atoms. The van der Waals surface area contributed by atoms with Crippen LogP contribution in [-0.2, 0) is 17.6 Å². The van der Waals surface area contributed by atoms with Gasteiger partial charge in [-0.05, 0) is 25.3 Å². The number of hydrogen-bond acceptors (Lipinski definition) is 4. The van der Waals surface area contributed by atoms with Gasteiger partial charge in [0.05, 0.1) is 12.7 Å². The Kier molecular flexibility index (Phi) is 4.66. The van der Waals surface area contributed by atoms with Gasteiger partial charge in [-0.25, -0.2) is 9.97 Å². The van der Waals surface area contributed by atoms with Crippen LogP contribution >= 0.6 is 0 Å². The highest BCUT2D eigenvalue weighted by atomic mass is 16.5. The number of aromatic nitrogens is 2. The Morgan fingerprint density at radius 2 is 2.28 bits per heavy atom. The Morgan fingerprint density at radius 3 is 2.94 bits per heavy atom. The van der Waals surface area contributed by atoms with Crippen LogP contribution in [0.5, 0.6) is 0 Å². The van der Waals surface area contributed by atoms with E-state index < -0.39 is 0 Å². The van der Waals surface area contributed by atoms with Crippen LogP contribution in [-0.4, -0.2) is 35.8 Å². The highest BCUT2D eigenvalue weighted by Crippen LogP contribution is 2.10. The highest BCUT2D eigenvalue weighted by molar-refractivity contribution is 5.11. The van der Waals surface area contributed by atoms with Crippen LogP contribution in [0.1, 0.15) is 31.1 Å². The molecule has 0 bridgehead atoms. The molecule has 2 heterocycles. The molecule has 1 saturated heterocycles. The lowest BCUT2D eigenvalue weighted by Gasteiger charge is -2.23. The molecule has 1 atom stereocenters. The molecule has 4 heteroatoms. The zero-order valence-corrected chi connectivity index (χ0v) is 11.6. The summed E-state index contributed by atoms with van der Waals surface area (Å²) in [6, 6.07) is 2.09. The van der Waals surface area contributed by atoms with Gasteiger partial charge in [0, 0.05) is 30.9 Å². The van der Waals surface area contributed by atoms with Crippen LogP contribution in [0, 0.1) is 12.8 Å². The largest absolute Gasteiger partial charge is 0.375 e. The normalized spacial score (nSPS) is 20.3. The Balaban J connectivity index is 2.04. The van der Waals surface area contributed by atoms with E-state index in [2.05, 4.69) is 35.2 Å². The molecule has 0 saturated carbocycles. The van der Waals surface area contributed by atoms with Gasteiger partial charge < -0.3 is 10.1 Å². The van der Waals surface area contributed by atoms with Gasteiger partial charge in [0.25, 0.3) is 0 Å². The van der Waals surface area contributed by atoms with Gasteiger partial charge in [-0.15, -0.1) is 0 Å². The molecule has 1 unspecified atom stereocenters. The van der Waals surface area contributed by atoms with Gasteiger partial charge in [-0.1, -0.05) is 13.8 Å². The van der Waals surface area contributed by atoms with Crippen molar-refractivity contribution in [2.75, 3.05) is 19.7 Å². The van der Waals surface area contributed by atoms with Crippen LogP contribution in [0.4, 0.5) is 0 Å². The molecular weight excluding hydrogens is 226 g/mol. The van der Waals surface area contributed by atoms with E-state index in [1.807, 2.05) is 6.92 Å². The third-order valence-corrected chi connectivity index (χ3v) is 2.99. The van der Waals surface area contributed by atoms with Crippen molar-refractivity contribution in [3.05, 3.63) is 23.3 Å². The summed E-state index contributed by atoms with van der Waals surface area (Å²) < 4.78 is 5.70. The van der Waals surface area contributed by atoms with Crippen molar-refractivity contribution in [1.29, 1.82) is 0 Å². The molecule has 1 aromatic rings. The second-order valence-corrected chi connectivity index (χ2v) is 5.42. The van der Waals surface area contributed by atoms with Gasteiger partial charge in [0.2, 0.25) is 0 Å². The number of morpholine rings is 1. The Hall–Kier alpha value is -1.00. The van der Waals surface area contributed by atoms with Crippen LogP contribution in [0.25, 0.3) is 0 Å². The fraction of sp³-hybridized carbons (Fsp3) is 0.714. The molecular formula is C14H23N3O. The van der Waals surface area contributed by atoms with Gasteiger partial charge in [0.1, 0.15) is 5.82 Å². The molecule has 1 aromatic heterocycles. The van der Waals surface area contributed by atoms with Crippen molar-refractivity contribution in [2.24, 2.45) is 5.92 Å². The van der Waals surface area contributed by atoms with E-state index >= 15 is 0 Å². The van der Waals surface area contributed by atoms with E-state index in [9.17, 15) is 0 Å². The zero-order chi connectivity index (χ0) is 13.0. The highest BCUT2D eigenvalue weighted by Gasteiger charge is 2.16. The second kappa shape index (κ2) is 6.25. The summed E-state index contributed by atoms with van der Waals surface area (Å²) in [5, 5.41) is 3.34. The smallest absolute Gasteiger partial charge is 0.131 e. The van der Waals surface area contributed by atoms with Crippen LogP contribution < -0.4 is 5.32 Å². The standard InChI is InChI=1S/C14H23N3O/c1-10(2)6-12-7-11(3)16-14(17-12)8-13-9-15-4-5-18-13/h7,10,13,15H,4-6,8-9H2,1-3H3. The SMILES string of the molecule is Cc1cc(CC(C)C)nc(CC2CNCCO2)n1. The topological polar surface area (TPSA) is 47.0 Å². The van der Waals surface area contributed by atoms with E-state index in [4.69, 9.17) is 4.74 Å². The average Bonchev–Trinajstić information content (AvgIpc) is 2.28. The molecule has 0 radical (unpaired) electrons. The monoisotopic (exact) mass is 249 g/mol. The third-order valence-electron chi connectivity index (χ3n) is 2.99. The van der Waals surface area contributed by atoms with Crippen molar-refractivity contribution in [3.63, 3.8) is 0 Å². The number of nitrogens with zero attached hydrogens (tertiary/aromatic N) is 2. The molecule has 0 aromatic carbocycles. The molecule has 1 aliphatic heterocycles. The Bertz CT molecular complexity index is 387. The Morgan fingerprint density at radius 1 is 1.44 bits per heavy atom. The predicted molar refractivity (Wildman–Crippen MR) is 71.6 cm³/mol. The van der Waals surface area contributed by atoms with Crippen LogP contribution in [0.2, 0.25) is 0 Å². The van der Waals surface area contributed by atoms with Gasteiger partial charge in [0.15, 0.2) is 0 Å². The molecule has 1 fully saturated rings. The fourth-order valence-electron chi connectivity index (χ4n) is 2.27. The number of nitrogens with one attached hydrogen (secondary N) is 1. The van der Waals surface area contributed by atoms with Crippen molar-refractivity contribution in [3.8, 4) is 0 Å². The maximum absolute atomic E-state index is 5.70. The minimum Gasteiger partial charge on any atom is -0.375 e. The first kappa shape index (κ1) is 13.4. The van der Waals surface area contributed by atoms with Crippen molar-refractivity contribution in [2.45, 2.75) is 39.7 Å². The first-order valence-corrected chi connectivity index (χ1v) is 6.79.